The van der Waals surface area contributed by atoms with Gasteiger partial charge in [0.2, 0.25) is 5.52 Å². The van der Waals surface area contributed by atoms with Crippen molar-refractivity contribution in [3.05, 3.63) is 23.4 Å². The monoisotopic (exact) mass is 166 g/mol. The van der Waals surface area contributed by atoms with E-state index in [9.17, 15) is 5.21 Å². The smallest absolute Gasteiger partial charge is 0.252 e. The van der Waals surface area contributed by atoms with Crippen LogP contribution in [0.2, 0.25) is 0 Å². The van der Waals surface area contributed by atoms with Gasteiger partial charge in [0.1, 0.15) is 5.75 Å². The quantitative estimate of drug-likeness (QED) is 0.577. The van der Waals surface area contributed by atoms with Crippen LogP contribution >= 0.6 is 0 Å². The number of aromatic nitrogens is 2. The highest BCUT2D eigenvalue weighted by molar-refractivity contribution is 5.71. The molecule has 0 radical (unpaired) electrons. The number of hydrogen-bond donors (Lipinski definition) is 0. The second-order valence-corrected chi connectivity index (χ2v) is 2.28. The van der Waals surface area contributed by atoms with Crippen molar-refractivity contribution in [1.82, 2.24) is 5.16 Å². The summed E-state index contributed by atoms with van der Waals surface area (Å²) < 4.78 is 9.31. The maximum atomic E-state index is 10.8. The lowest BCUT2D eigenvalue weighted by Gasteiger charge is -1.94. The van der Waals surface area contributed by atoms with Crippen LogP contribution in [0.3, 0.4) is 0 Å². The molecule has 0 saturated carbocycles. The number of benzene rings is 1. The molecule has 12 heavy (non-hydrogen) atoms. The fraction of sp³-hybridized carbons (Fsp3) is 0.143. The third-order valence-electron chi connectivity index (χ3n) is 1.59. The van der Waals surface area contributed by atoms with E-state index in [1.807, 2.05) is 0 Å². The number of fused-ring (bicyclic) bond motifs is 1. The molecule has 1 aromatic carbocycles. The molecule has 5 nitrogen and oxygen atoms in total. The predicted molar refractivity (Wildman–Crippen MR) is 39.5 cm³/mol. The van der Waals surface area contributed by atoms with Crippen LogP contribution in [0.5, 0.6) is 5.75 Å². The molecule has 0 aliphatic rings. The summed E-state index contributed by atoms with van der Waals surface area (Å²) in [6.07, 6.45) is 0. The highest BCUT2D eigenvalue weighted by atomic mass is 16.8. The molecule has 2 rings (SSSR count). The number of methoxy groups -OCH3 is 1. The van der Waals surface area contributed by atoms with Gasteiger partial charge in [-0.05, 0) is 17.0 Å². The Morgan fingerprint density at radius 2 is 2.42 bits per heavy atom. The van der Waals surface area contributed by atoms with Crippen LogP contribution in [0.1, 0.15) is 0 Å². The van der Waals surface area contributed by atoms with E-state index < -0.39 is 0 Å². The maximum Gasteiger partial charge on any atom is 0.252 e. The van der Waals surface area contributed by atoms with E-state index in [4.69, 9.17) is 4.74 Å². The van der Waals surface area contributed by atoms with E-state index in [1.165, 1.54) is 0 Å². The van der Waals surface area contributed by atoms with Crippen LogP contribution in [-0.2, 0) is 0 Å². The summed E-state index contributed by atoms with van der Waals surface area (Å²) in [6.45, 7) is 0. The zero-order valence-corrected chi connectivity index (χ0v) is 6.35. The third kappa shape index (κ3) is 0.868. The van der Waals surface area contributed by atoms with Gasteiger partial charge in [0.15, 0.2) is 0 Å². The minimum Gasteiger partial charge on any atom is -0.497 e. The Balaban J connectivity index is 2.69. The molecule has 5 heteroatoms. The Morgan fingerprint density at radius 3 is 3.17 bits per heavy atom. The van der Waals surface area contributed by atoms with Crippen molar-refractivity contribution < 1.29 is 14.3 Å². The highest BCUT2D eigenvalue weighted by Crippen LogP contribution is 2.15. The van der Waals surface area contributed by atoms with Crippen molar-refractivity contribution >= 4 is 11.0 Å². The molecule has 0 unspecified atom stereocenters. The van der Waals surface area contributed by atoms with E-state index in [0.29, 0.717) is 21.7 Å². The first kappa shape index (κ1) is 6.90. The van der Waals surface area contributed by atoms with Gasteiger partial charge >= 0.3 is 0 Å². The number of rotatable bonds is 1. The molecule has 62 valence electrons. The lowest BCUT2D eigenvalue weighted by molar-refractivity contribution is -0.782. The lowest BCUT2D eigenvalue weighted by atomic mass is 10.3. The molecule has 0 fully saturated rings. The standard InChI is InChI=1S/C7H6N2O3/c1-11-5-2-3-7-6(4-5)8-12-9(7)10/h2-4H,1H3. The first-order valence-corrected chi connectivity index (χ1v) is 3.35. The molecule has 0 N–H and O–H groups in total. The van der Waals surface area contributed by atoms with E-state index >= 15 is 0 Å². The minimum absolute atomic E-state index is 0.356. The van der Waals surface area contributed by atoms with Crippen LogP contribution in [0.15, 0.2) is 22.8 Å². The lowest BCUT2D eigenvalue weighted by Crippen LogP contribution is -2.22. The van der Waals surface area contributed by atoms with Crippen molar-refractivity contribution in [2.75, 3.05) is 7.11 Å². The van der Waals surface area contributed by atoms with E-state index in [-0.39, 0.29) is 0 Å². The van der Waals surface area contributed by atoms with Crippen molar-refractivity contribution in [2.45, 2.75) is 0 Å². The molecule has 0 amide bonds. The molecule has 0 saturated heterocycles. The Morgan fingerprint density at radius 1 is 1.58 bits per heavy atom. The predicted octanol–water partition coefficient (Wildman–Crippen LogP) is 0.470. The first-order chi connectivity index (χ1) is 5.81. The molecular weight excluding hydrogens is 160 g/mol. The molecule has 0 aliphatic heterocycles. The molecule has 0 bridgehead atoms. The zero-order valence-electron chi connectivity index (χ0n) is 6.35. The molecule has 0 aliphatic carbocycles. The minimum atomic E-state index is 0.356. The van der Waals surface area contributed by atoms with E-state index in [1.54, 1.807) is 25.3 Å². The van der Waals surface area contributed by atoms with Crippen LogP contribution in [0, 0.1) is 5.21 Å². The molecular formula is C7H6N2O3. The van der Waals surface area contributed by atoms with Gasteiger partial charge in [-0.1, -0.05) is 0 Å². The summed E-state index contributed by atoms with van der Waals surface area (Å²) in [4.78, 5) is 0.356. The molecule has 0 atom stereocenters. The van der Waals surface area contributed by atoms with Crippen molar-refractivity contribution in [1.29, 1.82) is 0 Å². The summed E-state index contributed by atoms with van der Waals surface area (Å²) in [7, 11) is 1.55. The molecule has 1 aromatic heterocycles. The third-order valence-corrected chi connectivity index (χ3v) is 1.59. The molecule has 0 spiro atoms. The highest BCUT2D eigenvalue weighted by Gasteiger charge is 2.08. The van der Waals surface area contributed by atoms with Gasteiger partial charge in [-0.2, -0.15) is 0 Å². The van der Waals surface area contributed by atoms with Crippen LogP contribution in [0.4, 0.5) is 0 Å². The summed E-state index contributed by atoms with van der Waals surface area (Å²) in [5, 5.41) is 14.3. The van der Waals surface area contributed by atoms with Crippen molar-refractivity contribution in [2.24, 2.45) is 0 Å². The second kappa shape index (κ2) is 2.37. The maximum absolute atomic E-state index is 10.8. The normalized spacial score (nSPS) is 10.4. The average Bonchev–Trinajstić information content (AvgIpc) is 2.47. The fourth-order valence-electron chi connectivity index (χ4n) is 0.983. The van der Waals surface area contributed by atoms with Crippen LogP contribution in [0.25, 0.3) is 11.0 Å². The Bertz CT molecular complexity index is 410. The summed E-state index contributed by atoms with van der Waals surface area (Å²) >= 11 is 0. The molecule has 2 aromatic rings. The Labute approximate surface area is 67.7 Å². The van der Waals surface area contributed by atoms with Crippen molar-refractivity contribution in [3.63, 3.8) is 0 Å². The fourth-order valence-corrected chi connectivity index (χ4v) is 0.983. The van der Waals surface area contributed by atoms with Gasteiger partial charge in [0.25, 0.3) is 5.52 Å². The summed E-state index contributed by atoms with van der Waals surface area (Å²) in [5.41, 5.74) is 0.889. The van der Waals surface area contributed by atoms with Gasteiger partial charge < -0.3 is 9.94 Å². The summed E-state index contributed by atoms with van der Waals surface area (Å²) in [6, 6.07) is 4.90. The van der Waals surface area contributed by atoms with Crippen LogP contribution in [-0.4, -0.2) is 12.3 Å². The van der Waals surface area contributed by atoms with E-state index in [0.717, 1.165) is 0 Å². The Hall–Kier alpha value is -1.78. The largest absolute Gasteiger partial charge is 0.497 e. The Kier molecular flexibility index (Phi) is 1.36. The number of nitrogens with zero attached hydrogens (tertiary/aromatic N) is 2. The van der Waals surface area contributed by atoms with Gasteiger partial charge in [-0.15, -0.1) is 0 Å². The van der Waals surface area contributed by atoms with Gasteiger partial charge in [-0.3, -0.25) is 4.63 Å². The number of hydrogen-bond acceptors (Lipinski definition) is 4. The number of ether oxygens (including phenoxy) is 1. The average molecular weight is 166 g/mol. The van der Waals surface area contributed by atoms with Crippen molar-refractivity contribution in [3.8, 4) is 5.75 Å². The molecule has 1 heterocycles. The van der Waals surface area contributed by atoms with Crippen LogP contribution < -0.4 is 9.64 Å². The van der Waals surface area contributed by atoms with Gasteiger partial charge in [-0.25, -0.2) is 0 Å². The van der Waals surface area contributed by atoms with Gasteiger partial charge in [0.05, 0.1) is 7.11 Å². The van der Waals surface area contributed by atoms with Gasteiger partial charge in [0, 0.05) is 11.2 Å². The topological polar surface area (TPSA) is 62.2 Å². The summed E-state index contributed by atoms with van der Waals surface area (Å²) in [5.74, 6) is 0.649. The zero-order chi connectivity index (χ0) is 8.55. The SMILES string of the molecule is COc1ccc2c(c1)no[n+]2[O-]. The first-order valence-electron chi connectivity index (χ1n) is 3.35. The second-order valence-electron chi connectivity index (χ2n) is 2.28. The van der Waals surface area contributed by atoms with E-state index in [2.05, 4.69) is 9.79 Å².